The average molecular weight is 637 g/mol. The Balaban J connectivity index is 1.41. The van der Waals surface area contributed by atoms with Crippen LogP contribution in [0.2, 0.25) is 0 Å². The summed E-state index contributed by atoms with van der Waals surface area (Å²) in [7, 11) is 3.19. The highest BCUT2D eigenvalue weighted by Crippen LogP contribution is 2.35. The summed E-state index contributed by atoms with van der Waals surface area (Å²) in [6, 6.07) is 12.1. The molecule has 0 unspecified atom stereocenters. The van der Waals surface area contributed by atoms with E-state index in [4.69, 9.17) is 14.6 Å². The summed E-state index contributed by atoms with van der Waals surface area (Å²) in [5.74, 6) is -2.76. The van der Waals surface area contributed by atoms with Crippen molar-refractivity contribution in [2.45, 2.75) is 32.0 Å². The number of halogens is 2. The van der Waals surface area contributed by atoms with Gasteiger partial charge in [0.1, 0.15) is 6.10 Å². The molecule has 2 aromatic heterocycles. The Morgan fingerprint density at radius 1 is 1.20 bits per heavy atom. The summed E-state index contributed by atoms with van der Waals surface area (Å²) in [6.45, 7) is 3.37. The van der Waals surface area contributed by atoms with Crippen LogP contribution < -0.4 is 16.2 Å². The van der Waals surface area contributed by atoms with Crippen LogP contribution in [0.4, 0.5) is 13.6 Å². The number of methoxy groups -OCH3 is 1. The fourth-order valence-corrected chi connectivity index (χ4v) is 5.96. The molecule has 1 aromatic carbocycles. The van der Waals surface area contributed by atoms with Crippen molar-refractivity contribution in [1.29, 1.82) is 0 Å². The molecule has 13 heteroatoms. The van der Waals surface area contributed by atoms with Crippen molar-refractivity contribution in [1.82, 2.24) is 25.2 Å². The summed E-state index contributed by atoms with van der Waals surface area (Å²) >= 11 is 0. The molecule has 0 radical (unpaired) electrons. The third-order valence-electron chi connectivity index (χ3n) is 8.29. The molecule has 244 valence electrons. The van der Waals surface area contributed by atoms with Gasteiger partial charge in [-0.3, -0.25) is 14.6 Å². The Bertz CT molecular complexity index is 1680. The molecule has 2 aliphatic heterocycles. The number of aliphatic imine (C=N–C) groups is 1. The number of pyridine rings is 2. The molecular weight excluding hydrogens is 598 g/mol. The van der Waals surface area contributed by atoms with E-state index in [9.17, 15) is 23.5 Å². The molecule has 5 rings (SSSR count). The van der Waals surface area contributed by atoms with E-state index >= 15 is 0 Å². The standard InChI is InChI=1S/C33H38F2N6O5/c1-20-28(23-13-24(19-42)32(43)40(2)17-23)36-10-9-26(21-7-5-4-6-8-21)29(20)39-33(44)38-16-25-18-41(11-12-45-3)46-30(25)22-14-27(34)31(35)37-15-22/h4-8,13-15,17,25-26,30,42H,9-12,16,18-19H2,1-3H3,(H2,38,39,44)/t25-,26-,30+/m1/s1. The summed E-state index contributed by atoms with van der Waals surface area (Å²) < 4.78 is 34.2. The number of nitrogens with zero attached hydrogens (tertiary/aromatic N) is 4. The SMILES string of the molecule is COCCN1C[C@@H](CNC(=O)NC2=C(C)C(c3cc(CO)c(=O)n(C)c3)=NCC[C@@H]2c2ccccc2)[C@H](c2cnc(F)c(F)c2)O1. The quantitative estimate of drug-likeness (QED) is 0.291. The van der Waals surface area contributed by atoms with Gasteiger partial charge in [-0.1, -0.05) is 30.3 Å². The number of aryl methyl sites for hydroxylation is 1. The highest BCUT2D eigenvalue weighted by Gasteiger charge is 2.36. The van der Waals surface area contributed by atoms with Gasteiger partial charge in [0.05, 0.1) is 18.9 Å². The summed E-state index contributed by atoms with van der Waals surface area (Å²) in [6.07, 6.45) is 2.87. The van der Waals surface area contributed by atoms with E-state index in [0.717, 1.165) is 17.2 Å². The minimum atomic E-state index is -1.19. The Kier molecular flexibility index (Phi) is 10.7. The van der Waals surface area contributed by atoms with Gasteiger partial charge in [0.25, 0.3) is 5.56 Å². The van der Waals surface area contributed by atoms with Gasteiger partial charge in [-0.2, -0.15) is 9.45 Å². The van der Waals surface area contributed by atoms with Crippen molar-refractivity contribution in [2.75, 3.05) is 39.9 Å². The number of aromatic nitrogens is 2. The lowest BCUT2D eigenvalue weighted by Gasteiger charge is -2.24. The van der Waals surface area contributed by atoms with E-state index in [1.165, 1.54) is 10.8 Å². The van der Waals surface area contributed by atoms with Crippen LogP contribution in [-0.2, 0) is 23.2 Å². The van der Waals surface area contributed by atoms with E-state index < -0.39 is 30.5 Å². The van der Waals surface area contributed by atoms with E-state index in [2.05, 4.69) is 15.6 Å². The number of hydrogen-bond acceptors (Lipinski definition) is 8. The molecule has 0 spiro atoms. The number of carbonyl (C=O) groups is 1. The fourth-order valence-electron chi connectivity index (χ4n) is 5.96. The molecule has 2 aliphatic rings. The number of nitrogens with one attached hydrogen (secondary N) is 2. The van der Waals surface area contributed by atoms with Gasteiger partial charge in [-0.25, -0.2) is 14.2 Å². The first-order valence-electron chi connectivity index (χ1n) is 15.1. The average Bonchev–Trinajstić information content (AvgIpc) is 3.40. The van der Waals surface area contributed by atoms with Gasteiger partial charge in [0.2, 0.25) is 5.95 Å². The van der Waals surface area contributed by atoms with Crippen molar-refractivity contribution in [3.8, 4) is 0 Å². The molecule has 46 heavy (non-hydrogen) atoms. The van der Waals surface area contributed by atoms with Gasteiger partial charge >= 0.3 is 6.03 Å². The number of hydroxylamine groups is 2. The first kappa shape index (κ1) is 33.1. The Hall–Kier alpha value is -4.30. The normalized spacial score (nSPS) is 20.4. The molecule has 0 aliphatic carbocycles. The lowest BCUT2D eigenvalue weighted by atomic mass is 9.89. The van der Waals surface area contributed by atoms with E-state index in [-0.39, 0.29) is 29.5 Å². The van der Waals surface area contributed by atoms with E-state index in [1.54, 1.807) is 31.5 Å². The molecule has 3 aromatic rings. The second-order valence-electron chi connectivity index (χ2n) is 11.4. The molecule has 3 atom stereocenters. The van der Waals surface area contributed by atoms with Crippen LogP contribution in [0.1, 0.15) is 47.6 Å². The lowest BCUT2D eigenvalue weighted by Crippen LogP contribution is -2.41. The number of carbonyl (C=O) groups excluding carboxylic acids is 1. The van der Waals surface area contributed by atoms with Crippen LogP contribution in [0.15, 0.2) is 75.9 Å². The third-order valence-corrected chi connectivity index (χ3v) is 8.29. The molecule has 3 N–H and O–H groups in total. The molecule has 4 heterocycles. The number of urea groups is 1. The zero-order chi connectivity index (χ0) is 32.8. The number of ether oxygens (including phenoxy) is 1. The number of hydrogen-bond donors (Lipinski definition) is 3. The maximum Gasteiger partial charge on any atom is 0.319 e. The van der Waals surface area contributed by atoms with Gasteiger partial charge in [0, 0.05) is 87.0 Å². The van der Waals surface area contributed by atoms with Crippen LogP contribution in [0, 0.1) is 17.7 Å². The van der Waals surface area contributed by atoms with Crippen molar-refractivity contribution < 1.29 is 28.3 Å². The molecule has 2 amide bonds. The molecule has 1 saturated heterocycles. The summed E-state index contributed by atoms with van der Waals surface area (Å²) in [5, 5.41) is 17.5. The highest BCUT2D eigenvalue weighted by molar-refractivity contribution is 6.13. The van der Waals surface area contributed by atoms with Crippen LogP contribution in [-0.4, -0.2) is 71.4 Å². The summed E-state index contributed by atoms with van der Waals surface area (Å²) in [5.41, 5.74) is 3.97. The maximum absolute atomic E-state index is 14.1. The number of amides is 2. The first-order chi connectivity index (χ1) is 22.2. The van der Waals surface area contributed by atoms with Crippen LogP contribution in [0.25, 0.3) is 0 Å². The van der Waals surface area contributed by atoms with Crippen LogP contribution >= 0.6 is 0 Å². The fraction of sp³-hybridized carbons (Fsp3) is 0.394. The number of aliphatic hydroxyl groups excluding tert-OH is 1. The minimum absolute atomic E-state index is 0.170. The zero-order valence-corrected chi connectivity index (χ0v) is 26.0. The predicted molar refractivity (Wildman–Crippen MR) is 167 cm³/mol. The minimum Gasteiger partial charge on any atom is -0.391 e. The Labute approximate surface area is 265 Å². The maximum atomic E-state index is 14.1. The number of allylic oxidation sites excluding steroid dienone is 2. The summed E-state index contributed by atoms with van der Waals surface area (Å²) in [4.78, 5) is 40.4. The highest BCUT2D eigenvalue weighted by atomic mass is 19.2. The molecule has 1 fully saturated rings. The second-order valence-corrected chi connectivity index (χ2v) is 11.4. The Morgan fingerprint density at radius 3 is 2.70 bits per heavy atom. The molecule has 11 nitrogen and oxygen atoms in total. The number of rotatable bonds is 10. The van der Waals surface area contributed by atoms with Crippen molar-refractivity contribution in [2.24, 2.45) is 18.0 Å². The van der Waals surface area contributed by atoms with Crippen molar-refractivity contribution >= 4 is 11.7 Å². The van der Waals surface area contributed by atoms with Gasteiger partial charge in [-0.15, -0.1) is 0 Å². The van der Waals surface area contributed by atoms with Gasteiger partial charge in [-0.05, 0) is 36.6 Å². The van der Waals surface area contributed by atoms with E-state index in [0.29, 0.717) is 55.2 Å². The molecule has 0 saturated carbocycles. The van der Waals surface area contributed by atoms with Gasteiger partial charge in [0.15, 0.2) is 5.82 Å². The monoisotopic (exact) mass is 636 g/mol. The lowest BCUT2D eigenvalue weighted by molar-refractivity contribution is -0.155. The predicted octanol–water partition coefficient (Wildman–Crippen LogP) is 3.35. The van der Waals surface area contributed by atoms with Crippen LogP contribution in [0.3, 0.4) is 0 Å². The van der Waals surface area contributed by atoms with Crippen LogP contribution in [0.5, 0.6) is 0 Å². The van der Waals surface area contributed by atoms with Crippen molar-refractivity contribution in [3.63, 3.8) is 0 Å². The smallest absolute Gasteiger partial charge is 0.319 e. The molecule has 0 bridgehead atoms. The Morgan fingerprint density at radius 2 is 1.98 bits per heavy atom. The largest absolute Gasteiger partial charge is 0.391 e. The number of benzene rings is 1. The zero-order valence-electron chi connectivity index (χ0n) is 26.0. The third kappa shape index (κ3) is 7.39. The molecular formula is C33H38F2N6O5. The second kappa shape index (κ2) is 14.9. The van der Waals surface area contributed by atoms with Crippen molar-refractivity contribution in [3.05, 3.63) is 111 Å². The van der Waals surface area contributed by atoms with Gasteiger partial charge < -0.3 is 25.0 Å². The first-order valence-corrected chi connectivity index (χ1v) is 15.1. The topological polar surface area (TPSA) is 130 Å². The van der Waals surface area contributed by atoms with E-state index in [1.807, 2.05) is 37.3 Å². The number of aliphatic hydroxyl groups is 1.